The lowest BCUT2D eigenvalue weighted by Crippen LogP contribution is -2.38. The maximum absolute atomic E-state index is 6.13. The minimum absolute atomic E-state index is 0.618. The van der Waals surface area contributed by atoms with Gasteiger partial charge in [-0.25, -0.2) is 0 Å². The van der Waals surface area contributed by atoms with E-state index >= 15 is 0 Å². The number of likely N-dealkylation sites (N-methyl/N-ethyl adjacent to an activating group) is 1. The highest BCUT2D eigenvalue weighted by Crippen LogP contribution is 2.27. The molecule has 0 aliphatic rings. The van der Waals surface area contributed by atoms with Gasteiger partial charge in [-0.2, -0.15) is 0 Å². The molecule has 1 aromatic rings. The second-order valence-electron chi connectivity index (χ2n) is 4.28. The number of nitrogens with zero attached hydrogens (tertiary/aromatic N) is 1. The minimum Gasteiger partial charge on any atom is -0.321 e. The Hall–Kier alpha value is -0.500. The molecule has 0 fully saturated rings. The third-order valence-corrected chi connectivity index (χ3v) is 3.11. The number of hydrogen-bond acceptors (Lipinski definition) is 0. The molecule has 0 aliphatic heterocycles. The van der Waals surface area contributed by atoms with E-state index in [-0.39, 0.29) is 0 Å². The molecule has 0 aromatic heterocycles. The molecule has 1 rings (SSSR count). The van der Waals surface area contributed by atoms with Crippen LogP contribution in [0.2, 0.25) is 10.0 Å². The molecule has 0 amide bonds. The lowest BCUT2D eigenvalue weighted by molar-refractivity contribution is -0.897. The predicted molar refractivity (Wildman–Crippen MR) is 67.3 cm³/mol. The number of hydrogen-bond donors (Lipinski definition) is 0. The third kappa shape index (κ3) is 3.53. The Bertz CT molecular complexity index is 359. The van der Waals surface area contributed by atoms with Crippen molar-refractivity contribution in [1.82, 2.24) is 0 Å². The molecule has 3 heteroatoms. The van der Waals surface area contributed by atoms with Crippen LogP contribution in [0.1, 0.15) is 5.56 Å². The summed E-state index contributed by atoms with van der Waals surface area (Å²) in [4.78, 5) is 0. The summed E-state index contributed by atoms with van der Waals surface area (Å²) in [5, 5.41) is 1.28. The first-order chi connectivity index (χ1) is 6.96. The van der Waals surface area contributed by atoms with Gasteiger partial charge in [0.1, 0.15) is 6.54 Å². The van der Waals surface area contributed by atoms with Crippen LogP contribution in [0.25, 0.3) is 0 Å². The van der Waals surface area contributed by atoms with Crippen molar-refractivity contribution in [3.8, 4) is 0 Å². The molecule has 15 heavy (non-hydrogen) atoms. The Morgan fingerprint density at radius 1 is 1.33 bits per heavy atom. The van der Waals surface area contributed by atoms with Gasteiger partial charge in [-0.15, -0.1) is 0 Å². The molecule has 0 bridgehead atoms. The van der Waals surface area contributed by atoms with Crippen molar-refractivity contribution in [1.29, 1.82) is 0 Å². The highest BCUT2D eigenvalue weighted by atomic mass is 35.5. The summed E-state index contributed by atoms with van der Waals surface area (Å²) in [6.07, 6.45) is 1.92. The fraction of sp³-hybridized carbons (Fsp3) is 0.333. The van der Waals surface area contributed by atoms with Crippen molar-refractivity contribution >= 4 is 23.2 Å². The molecule has 1 nitrogen and oxygen atoms in total. The minimum atomic E-state index is 0.618. The molecule has 0 spiro atoms. The zero-order valence-electron chi connectivity index (χ0n) is 9.13. The van der Waals surface area contributed by atoms with Crippen molar-refractivity contribution in [3.05, 3.63) is 46.5 Å². The van der Waals surface area contributed by atoms with Gasteiger partial charge < -0.3 is 4.48 Å². The van der Waals surface area contributed by atoms with Crippen LogP contribution in [0.3, 0.4) is 0 Å². The Morgan fingerprint density at radius 2 is 2.00 bits per heavy atom. The predicted octanol–water partition coefficient (Wildman–Crippen LogP) is 3.76. The summed E-state index contributed by atoms with van der Waals surface area (Å²) in [6, 6.07) is 5.75. The molecule has 1 aromatic carbocycles. The third-order valence-electron chi connectivity index (χ3n) is 2.25. The second-order valence-corrected chi connectivity index (χ2v) is 5.06. The van der Waals surface area contributed by atoms with E-state index in [0.29, 0.717) is 10.0 Å². The summed E-state index contributed by atoms with van der Waals surface area (Å²) in [7, 11) is 4.28. The maximum Gasteiger partial charge on any atom is 0.106 e. The van der Waals surface area contributed by atoms with Crippen molar-refractivity contribution in [2.24, 2.45) is 0 Å². The number of rotatable bonds is 4. The topological polar surface area (TPSA) is 0 Å². The van der Waals surface area contributed by atoms with Gasteiger partial charge in [-0.1, -0.05) is 41.9 Å². The molecule has 0 heterocycles. The first kappa shape index (κ1) is 12.6. The van der Waals surface area contributed by atoms with Crippen LogP contribution in [0.15, 0.2) is 30.9 Å². The van der Waals surface area contributed by atoms with Gasteiger partial charge in [0.25, 0.3) is 0 Å². The average Bonchev–Trinajstić information content (AvgIpc) is 2.12. The lowest BCUT2D eigenvalue weighted by atomic mass is 10.2. The maximum atomic E-state index is 6.13. The van der Waals surface area contributed by atoms with Crippen LogP contribution in [0.4, 0.5) is 0 Å². The van der Waals surface area contributed by atoms with E-state index in [1.807, 2.05) is 18.2 Å². The van der Waals surface area contributed by atoms with Crippen LogP contribution in [-0.4, -0.2) is 25.1 Å². The zero-order valence-corrected chi connectivity index (χ0v) is 10.6. The van der Waals surface area contributed by atoms with E-state index in [4.69, 9.17) is 23.2 Å². The van der Waals surface area contributed by atoms with E-state index in [0.717, 1.165) is 23.1 Å². The molecule has 0 radical (unpaired) electrons. The highest BCUT2D eigenvalue weighted by molar-refractivity contribution is 6.42. The summed E-state index contributed by atoms with van der Waals surface area (Å²) >= 11 is 12.1. The summed E-state index contributed by atoms with van der Waals surface area (Å²) < 4.78 is 0.823. The van der Waals surface area contributed by atoms with E-state index in [2.05, 4.69) is 20.7 Å². The zero-order chi connectivity index (χ0) is 11.5. The number of benzene rings is 1. The first-order valence-electron chi connectivity index (χ1n) is 4.82. The second kappa shape index (κ2) is 5.02. The van der Waals surface area contributed by atoms with Gasteiger partial charge in [0.15, 0.2) is 0 Å². The van der Waals surface area contributed by atoms with Crippen LogP contribution in [-0.2, 0) is 6.54 Å². The molecule has 0 atom stereocenters. The summed E-state index contributed by atoms with van der Waals surface area (Å²) in [6.45, 7) is 5.51. The van der Waals surface area contributed by atoms with Crippen LogP contribution >= 0.6 is 23.2 Å². The molecular weight excluding hydrogens is 229 g/mol. The Labute approximate surface area is 102 Å². The van der Waals surface area contributed by atoms with Gasteiger partial charge in [0, 0.05) is 5.56 Å². The number of quaternary nitrogens is 1. The molecule has 82 valence electrons. The van der Waals surface area contributed by atoms with Gasteiger partial charge >= 0.3 is 0 Å². The van der Waals surface area contributed by atoms with Crippen molar-refractivity contribution in [2.45, 2.75) is 6.54 Å². The quantitative estimate of drug-likeness (QED) is 0.559. The van der Waals surface area contributed by atoms with E-state index in [1.165, 1.54) is 0 Å². The van der Waals surface area contributed by atoms with E-state index < -0.39 is 0 Å². The monoisotopic (exact) mass is 244 g/mol. The SMILES string of the molecule is C=CC[N+](C)(C)Cc1cccc(Cl)c1Cl. The lowest BCUT2D eigenvalue weighted by Gasteiger charge is -2.28. The molecular formula is C12H16Cl2N+. The number of halogens is 2. The van der Waals surface area contributed by atoms with Crippen LogP contribution in [0.5, 0.6) is 0 Å². The molecule has 0 aliphatic carbocycles. The van der Waals surface area contributed by atoms with Gasteiger partial charge in [0.05, 0.1) is 30.7 Å². The molecule has 0 unspecified atom stereocenters. The van der Waals surface area contributed by atoms with Crippen molar-refractivity contribution < 1.29 is 4.48 Å². The van der Waals surface area contributed by atoms with Crippen molar-refractivity contribution in [2.75, 3.05) is 20.6 Å². The van der Waals surface area contributed by atoms with Crippen molar-refractivity contribution in [3.63, 3.8) is 0 Å². The fourth-order valence-electron chi connectivity index (χ4n) is 1.55. The normalized spacial score (nSPS) is 11.5. The Kier molecular flexibility index (Phi) is 4.21. The van der Waals surface area contributed by atoms with E-state index in [1.54, 1.807) is 6.07 Å². The average molecular weight is 245 g/mol. The van der Waals surface area contributed by atoms with Gasteiger partial charge in [-0.3, -0.25) is 0 Å². The van der Waals surface area contributed by atoms with Gasteiger partial charge in [-0.05, 0) is 12.1 Å². The molecule has 0 saturated heterocycles. The smallest absolute Gasteiger partial charge is 0.106 e. The Balaban J connectivity index is 2.89. The Morgan fingerprint density at radius 3 is 2.60 bits per heavy atom. The van der Waals surface area contributed by atoms with Crippen LogP contribution in [0, 0.1) is 0 Å². The molecule has 0 saturated carbocycles. The standard InChI is InChI=1S/C12H16Cl2N/c1-4-8-15(2,3)9-10-6-5-7-11(13)12(10)14/h4-7H,1,8-9H2,2-3H3/q+1. The van der Waals surface area contributed by atoms with E-state index in [9.17, 15) is 0 Å². The largest absolute Gasteiger partial charge is 0.321 e. The first-order valence-corrected chi connectivity index (χ1v) is 5.57. The summed E-state index contributed by atoms with van der Waals surface area (Å²) in [5.41, 5.74) is 1.08. The fourth-order valence-corrected chi connectivity index (χ4v) is 1.93. The van der Waals surface area contributed by atoms with Gasteiger partial charge in [0.2, 0.25) is 0 Å². The molecule has 0 N–H and O–H groups in total. The highest BCUT2D eigenvalue weighted by Gasteiger charge is 2.16. The summed E-state index contributed by atoms with van der Waals surface area (Å²) in [5.74, 6) is 0. The van der Waals surface area contributed by atoms with Crippen LogP contribution < -0.4 is 0 Å².